The number of piperidine rings is 2. The Morgan fingerprint density at radius 3 is 2.91 bits per heavy atom. The van der Waals surface area contributed by atoms with Crippen LogP contribution in [0.3, 0.4) is 0 Å². The van der Waals surface area contributed by atoms with E-state index in [0.717, 1.165) is 67.3 Å². The zero-order chi connectivity index (χ0) is 22.6. The summed E-state index contributed by atoms with van der Waals surface area (Å²) >= 11 is 0. The third-order valence-corrected chi connectivity index (χ3v) is 6.74. The number of hydrogen-bond acceptors (Lipinski definition) is 6. The smallest absolute Gasteiger partial charge is 0.317 e. The molecule has 2 saturated heterocycles. The third-order valence-electron chi connectivity index (χ3n) is 6.74. The number of likely N-dealkylation sites (tertiary alicyclic amines) is 1. The Kier molecular flexibility index (Phi) is 6.59. The van der Waals surface area contributed by atoms with Gasteiger partial charge < -0.3 is 29.6 Å². The van der Waals surface area contributed by atoms with E-state index in [1.807, 2.05) is 29.6 Å². The predicted molar refractivity (Wildman–Crippen MR) is 128 cm³/mol. The number of nitrogens with one attached hydrogen (secondary N) is 2. The van der Waals surface area contributed by atoms with Crippen LogP contribution in [0, 0.1) is 0 Å². The second-order valence-corrected chi connectivity index (χ2v) is 8.88. The summed E-state index contributed by atoms with van der Waals surface area (Å²) in [5.41, 5.74) is 2.98. The highest BCUT2D eigenvalue weighted by molar-refractivity contribution is 6.09. The summed E-state index contributed by atoms with van der Waals surface area (Å²) < 4.78 is 10.9. The number of carbonyl (C=O) groups excluding carboxylic acids is 1. The molecule has 9 nitrogen and oxygen atoms in total. The lowest BCUT2D eigenvalue weighted by atomic mass is 10.0. The summed E-state index contributed by atoms with van der Waals surface area (Å²) in [4.78, 5) is 29.3. The first kappa shape index (κ1) is 21.9. The average Bonchev–Trinajstić information content (AvgIpc) is 3.34. The third kappa shape index (κ3) is 4.74. The maximum atomic E-state index is 12.9. The number of methoxy groups -OCH3 is 1. The average molecular weight is 453 g/mol. The number of H-pyrrole nitrogens is 1. The van der Waals surface area contributed by atoms with Gasteiger partial charge in [-0.25, -0.2) is 14.8 Å². The Bertz CT molecular complexity index is 1090. The van der Waals surface area contributed by atoms with Crippen molar-refractivity contribution in [2.75, 3.05) is 51.4 Å². The van der Waals surface area contributed by atoms with Gasteiger partial charge in [0.2, 0.25) is 0 Å². The molecular formula is C24H32N6O3. The highest BCUT2D eigenvalue weighted by atomic mass is 16.5. The van der Waals surface area contributed by atoms with Crippen LogP contribution in [0.25, 0.3) is 21.9 Å². The lowest BCUT2D eigenvalue weighted by Crippen LogP contribution is -2.52. The van der Waals surface area contributed by atoms with Crippen molar-refractivity contribution in [1.82, 2.24) is 25.2 Å². The maximum absolute atomic E-state index is 12.9. The number of urea groups is 1. The van der Waals surface area contributed by atoms with Gasteiger partial charge in [-0.2, -0.15) is 0 Å². The zero-order valence-electron chi connectivity index (χ0n) is 19.1. The summed E-state index contributed by atoms with van der Waals surface area (Å²) in [7, 11) is 1.67. The molecule has 0 saturated carbocycles. The second kappa shape index (κ2) is 9.93. The molecule has 3 aromatic rings. The van der Waals surface area contributed by atoms with E-state index < -0.39 is 0 Å². The first-order valence-electron chi connectivity index (χ1n) is 11.8. The van der Waals surface area contributed by atoms with Gasteiger partial charge in [-0.3, -0.25) is 0 Å². The van der Waals surface area contributed by atoms with Crippen molar-refractivity contribution in [3.8, 4) is 0 Å². The van der Waals surface area contributed by atoms with Crippen LogP contribution in [0.4, 0.5) is 10.5 Å². The molecule has 2 amide bonds. The van der Waals surface area contributed by atoms with Gasteiger partial charge in [0.1, 0.15) is 0 Å². The minimum absolute atomic E-state index is 0.0314. The molecule has 2 aliphatic rings. The van der Waals surface area contributed by atoms with Crippen LogP contribution in [0.15, 0.2) is 30.7 Å². The van der Waals surface area contributed by atoms with E-state index in [2.05, 4.69) is 31.2 Å². The van der Waals surface area contributed by atoms with E-state index in [-0.39, 0.29) is 18.2 Å². The molecular weight excluding hydrogens is 420 g/mol. The standard InChI is InChI=1S/C24H32N6O3/c1-32-13-14-33-18-3-2-10-30(16-18)24(31)28-17-6-11-29(12-7-17)21-5-9-25-20-15-27-23-19(22(20)21)4-8-26-23/h4-5,8-9,15,17-18,25H,2-3,6-7,10-14,16H2,1H3,(H,28,31). The molecule has 176 valence electrons. The van der Waals surface area contributed by atoms with Gasteiger partial charge in [-0.15, -0.1) is 0 Å². The van der Waals surface area contributed by atoms with Crippen molar-refractivity contribution < 1.29 is 14.3 Å². The van der Waals surface area contributed by atoms with Gasteiger partial charge in [-0.05, 0) is 37.8 Å². The number of ether oxygens (including phenoxy) is 2. The van der Waals surface area contributed by atoms with E-state index in [1.165, 1.54) is 5.69 Å². The molecule has 2 N–H and O–H groups in total. The number of carbonyl (C=O) groups is 1. The summed E-state index contributed by atoms with van der Waals surface area (Å²) in [6, 6.07) is 4.38. The fourth-order valence-electron chi connectivity index (χ4n) is 4.99. The normalized spacial score (nSPS) is 20.0. The Morgan fingerprint density at radius 1 is 1.18 bits per heavy atom. The monoisotopic (exact) mass is 452 g/mol. The van der Waals surface area contributed by atoms with Crippen LogP contribution >= 0.6 is 0 Å². The minimum atomic E-state index is 0.0314. The van der Waals surface area contributed by atoms with Crippen LogP contribution in [0.2, 0.25) is 0 Å². The first-order chi connectivity index (χ1) is 16.2. The largest absolute Gasteiger partial charge is 0.382 e. The molecule has 1 atom stereocenters. The van der Waals surface area contributed by atoms with Crippen LogP contribution in [-0.2, 0) is 9.47 Å². The molecule has 0 aliphatic carbocycles. The number of amides is 2. The van der Waals surface area contributed by atoms with Gasteiger partial charge in [0.15, 0.2) is 5.65 Å². The van der Waals surface area contributed by atoms with Gasteiger partial charge in [-0.1, -0.05) is 0 Å². The number of anilines is 1. The Hall–Kier alpha value is -2.91. The molecule has 3 aromatic heterocycles. The number of hydrogen-bond donors (Lipinski definition) is 2. The summed E-state index contributed by atoms with van der Waals surface area (Å²) in [5, 5.41) is 5.50. The maximum Gasteiger partial charge on any atom is 0.317 e. The highest BCUT2D eigenvalue weighted by Crippen LogP contribution is 2.32. The number of pyridine rings is 2. The topological polar surface area (TPSA) is 95.6 Å². The molecule has 2 aliphatic heterocycles. The molecule has 0 bridgehead atoms. The minimum Gasteiger partial charge on any atom is -0.382 e. The first-order valence-corrected chi connectivity index (χ1v) is 11.8. The van der Waals surface area contributed by atoms with Crippen molar-refractivity contribution in [2.45, 2.75) is 37.8 Å². The van der Waals surface area contributed by atoms with E-state index in [0.29, 0.717) is 19.8 Å². The summed E-state index contributed by atoms with van der Waals surface area (Å²) in [6.45, 7) is 4.39. The quantitative estimate of drug-likeness (QED) is 0.559. The lowest BCUT2D eigenvalue weighted by molar-refractivity contribution is -0.0131. The Labute approximate surface area is 193 Å². The second-order valence-electron chi connectivity index (χ2n) is 8.88. The van der Waals surface area contributed by atoms with E-state index in [9.17, 15) is 4.79 Å². The van der Waals surface area contributed by atoms with Gasteiger partial charge in [0.25, 0.3) is 0 Å². The van der Waals surface area contributed by atoms with E-state index in [1.54, 1.807) is 7.11 Å². The van der Waals surface area contributed by atoms with Crippen molar-refractivity contribution in [3.63, 3.8) is 0 Å². The molecule has 5 rings (SSSR count). The number of nitrogens with zero attached hydrogens (tertiary/aromatic N) is 4. The van der Waals surface area contributed by atoms with Crippen molar-refractivity contribution in [2.24, 2.45) is 0 Å². The van der Waals surface area contributed by atoms with E-state index >= 15 is 0 Å². The van der Waals surface area contributed by atoms with Crippen LogP contribution in [0.5, 0.6) is 0 Å². The molecule has 0 radical (unpaired) electrons. The Morgan fingerprint density at radius 2 is 2.06 bits per heavy atom. The van der Waals surface area contributed by atoms with Crippen molar-refractivity contribution in [3.05, 3.63) is 30.7 Å². The molecule has 33 heavy (non-hydrogen) atoms. The molecule has 9 heteroatoms. The fraction of sp³-hybridized carbons (Fsp3) is 0.542. The molecule has 5 heterocycles. The van der Waals surface area contributed by atoms with Gasteiger partial charge >= 0.3 is 6.03 Å². The number of aromatic amines is 1. The highest BCUT2D eigenvalue weighted by Gasteiger charge is 2.28. The predicted octanol–water partition coefficient (Wildman–Crippen LogP) is 2.92. The SMILES string of the molecule is COCCOC1CCCN(C(=O)NC2CCN(c3cc[nH]c4cnc5nccc5c34)CC2)C1. The lowest BCUT2D eigenvalue weighted by Gasteiger charge is -2.37. The van der Waals surface area contributed by atoms with Crippen LogP contribution in [-0.4, -0.2) is 84.5 Å². The van der Waals surface area contributed by atoms with Gasteiger partial charge in [0.05, 0.1) is 31.0 Å². The molecule has 1 unspecified atom stereocenters. The van der Waals surface area contributed by atoms with Crippen LogP contribution < -0.4 is 10.2 Å². The molecule has 0 spiro atoms. The van der Waals surface area contributed by atoms with Crippen LogP contribution in [0.1, 0.15) is 25.7 Å². The molecule has 2 fully saturated rings. The fourth-order valence-corrected chi connectivity index (χ4v) is 4.99. The summed E-state index contributed by atoms with van der Waals surface area (Å²) in [6.07, 6.45) is 9.54. The molecule has 0 aromatic carbocycles. The number of fused-ring (bicyclic) bond motifs is 3. The van der Waals surface area contributed by atoms with Gasteiger partial charge in [0, 0.05) is 68.2 Å². The summed E-state index contributed by atoms with van der Waals surface area (Å²) in [5.74, 6) is 0. The zero-order valence-corrected chi connectivity index (χ0v) is 19.1. The van der Waals surface area contributed by atoms with Crippen molar-refractivity contribution in [1.29, 1.82) is 0 Å². The van der Waals surface area contributed by atoms with E-state index in [4.69, 9.17) is 9.47 Å². The Balaban J connectivity index is 1.19. The number of rotatable bonds is 6. The number of aromatic nitrogens is 3. The van der Waals surface area contributed by atoms with Crippen molar-refractivity contribution >= 4 is 33.7 Å².